The molecule has 27 heavy (non-hydrogen) atoms. The molecule has 0 saturated heterocycles. The van der Waals surface area contributed by atoms with Gasteiger partial charge in [0.2, 0.25) is 0 Å². The number of carbonyl (C=O) groups excluding carboxylic acids is 2. The fourth-order valence-corrected chi connectivity index (χ4v) is 2.98. The first-order valence-corrected chi connectivity index (χ1v) is 9.21. The molecule has 1 atom stereocenters. The predicted octanol–water partition coefficient (Wildman–Crippen LogP) is 4.99. The van der Waals surface area contributed by atoms with Gasteiger partial charge in [-0.1, -0.05) is 6.07 Å². The molecule has 2 aromatic rings. The van der Waals surface area contributed by atoms with E-state index in [1.165, 1.54) is 0 Å². The van der Waals surface area contributed by atoms with Gasteiger partial charge in [-0.15, -0.1) is 0 Å². The second kappa shape index (κ2) is 7.47. The van der Waals surface area contributed by atoms with Crippen molar-refractivity contribution in [1.29, 1.82) is 0 Å². The van der Waals surface area contributed by atoms with Crippen molar-refractivity contribution in [3.05, 3.63) is 54.0 Å². The molecule has 0 radical (unpaired) electrons. The van der Waals surface area contributed by atoms with Gasteiger partial charge in [0, 0.05) is 17.3 Å². The van der Waals surface area contributed by atoms with E-state index in [2.05, 4.69) is 5.32 Å². The van der Waals surface area contributed by atoms with Crippen LogP contribution in [-0.2, 0) is 4.74 Å². The van der Waals surface area contributed by atoms with Crippen LogP contribution in [0.3, 0.4) is 0 Å². The minimum Gasteiger partial charge on any atom is -0.467 e. The van der Waals surface area contributed by atoms with E-state index in [1.54, 1.807) is 51.3 Å². The highest BCUT2D eigenvalue weighted by Gasteiger charge is 2.37. The lowest BCUT2D eigenvalue weighted by molar-refractivity contribution is 0.0629. The van der Waals surface area contributed by atoms with Crippen LogP contribution in [0.25, 0.3) is 0 Å². The SMILES string of the molecule is CC(c1ccco1)N(C(=O)c1cccc(NC(=O)OC(C)(C)C)c1)C1CC1. The maximum Gasteiger partial charge on any atom is 0.412 e. The maximum absolute atomic E-state index is 13.2. The summed E-state index contributed by atoms with van der Waals surface area (Å²) in [5, 5.41) is 2.68. The van der Waals surface area contributed by atoms with Crippen LogP contribution in [0.5, 0.6) is 0 Å². The van der Waals surface area contributed by atoms with Crippen molar-refractivity contribution in [1.82, 2.24) is 4.90 Å². The summed E-state index contributed by atoms with van der Waals surface area (Å²) in [6.07, 6.45) is 3.06. The van der Waals surface area contributed by atoms with Crippen LogP contribution in [0, 0.1) is 0 Å². The van der Waals surface area contributed by atoms with E-state index in [0.29, 0.717) is 11.3 Å². The number of rotatable bonds is 5. The number of nitrogens with one attached hydrogen (secondary N) is 1. The number of ether oxygens (including phenoxy) is 1. The average Bonchev–Trinajstić information content (AvgIpc) is 3.25. The van der Waals surface area contributed by atoms with Gasteiger partial charge in [0.15, 0.2) is 0 Å². The largest absolute Gasteiger partial charge is 0.467 e. The van der Waals surface area contributed by atoms with Crippen LogP contribution in [0.15, 0.2) is 47.1 Å². The number of carbonyl (C=O) groups is 2. The Balaban J connectivity index is 1.76. The average molecular weight is 370 g/mol. The van der Waals surface area contributed by atoms with Crippen molar-refractivity contribution in [2.75, 3.05) is 5.32 Å². The Kier molecular flexibility index (Phi) is 5.26. The molecule has 1 aromatic heterocycles. The molecule has 1 heterocycles. The summed E-state index contributed by atoms with van der Waals surface area (Å²) in [6, 6.07) is 10.7. The molecule has 0 aliphatic heterocycles. The Morgan fingerprint density at radius 1 is 1.22 bits per heavy atom. The Morgan fingerprint density at radius 3 is 2.56 bits per heavy atom. The molecule has 1 fully saturated rings. The molecule has 1 aliphatic carbocycles. The van der Waals surface area contributed by atoms with Crippen molar-refractivity contribution < 1.29 is 18.7 Å². The standard InChI is InChI=1S/C21H26N2O4/c1-14(18-9-6-12-26-18)23(17-10-11-17)19(24)15-7-5-8-16(13-15)22-20(25)27-21(2,3)4/h5-9,12-14,17H,10-11H2,1-4H3,(H,22,25). The number of hydrogen-bond donors (Lipinski definition) is 1. The number of anilines is 1. The molecule has 144 valence electrons. The van der Waals surface area contributed by atoms with Gasteiger partial charge < -0.3 is 14.1 Å². The van der Waals surface area contributed by atoms with Crippen LogP contribution < -0.4 is 5.32 Å². The summed E-state index contributed by atoms with van der Waals surface area (Å²) in [7, 11) is 0. The van der Waals surface area contributed by atoms with Crippen LogP contribution >= 0.6 is 0 Å². The third-order valence-electron chi connectivity index (χ3n) is 4.30. The van der Waals surface area contributed by atoms with E-state index in [0.717, 1.165) is 18.6 Å². The first-order chi connectivity index (χ1) is 12.7. The van der Waals surface area contributed by atoms with Crippen molar-refractivity contribution in [3.63, 3.8) is 0 Å². The number of benzene rings is 1. The van der Waals surface area contributed by atoms with E-state index in [9.17, 15) is 9.59 Å². The summed E-state index contributed by atoms with van der Waals surface area (Å²) in [5.41, 5.74) is 0.462. The minimum absolute atomic E-state index is 0.0748. The number of hydrogen-bond acceptors (Lipinski definition) is 4. The van der Waals surface area contributed by atoms with Crippen molar-refractivity contribution in [3.8, 4) is 0 Å². The van der Waals surface area contributed by atoms with Gasteiger partial charge in [-0.05, 0) is 70.9 Å². The molecular formula is C21H26N2O4. The van der Waals surface area contributed by atoms with Crippen LogP contribution in [0.4, 0.5) is 10.5 Å². The van der Waals surface area contributed by atoms with E-state index in [-0.39, 0.29) is 18.0 Å². The van der Waals surface area contributed by atoms with Gasteiger partial charge in [-0.3, -0.25) is 10.1 Å². The van der Waals surface area contributed by atoms with E-state index in [1.807, 2.05) is 24.0 Å². The summed E-state index contributed by atoms with van der Waals surface area (Å²) >= 11 is 0. The lowest BCUT2D eigenvalue weighted by Gasteiger charge is -2.28. The summed E-state index contributed by atoms with van der Waals surface area (Å²) in [4.78, 5) is 27.0. The molecule has 2 amide bonds. The molecule has 0 spiro atoms. The monoisotopic (exact) mass is 370 g/mol. The normalized spacial score (nSPS) is 15.1. The summed E-state index contributed by atoms with van der Waals surface area (Å²) in [5.74, 6) is 0.688. The van der Waals surface area contributed by atoms with Crippen molar-refractivity contribution in [2.24, 2.45) is 0 Å². The maximum atomic E-state index is 13.2. The van der Waals surface area contributed by atoms with E-state index >= 15 is 0 Å². The third-order valence-corrected chi connectivity index (χ3v) is 4.30. The van der Waals surface area contributed by atoms with Gasteiger partial charge in [0.1, 0.15) is 11.4 Å². The van der Waals surface area contributed by atoms with Gasteiger partial charge in [-0.2, -0.15) is 0 Å². The molecule has 1 aliphatic rings. The minimum atomic E-state index is -0.585. The topological polar surface area (TPSA) is 71.8 Å². The molecule has 1 aromatic carbocycles. The molecular weight excluding hydrogens is 344 g/mol. The lowest BCUT2D eigenvalue weighted by atomic mass is 10.1. The quantitative estimate of drug-likeness (QED) is 0.804. The first kappa shape index (κ1) is 19.0. The highest BCUT2D eigenvalue weighted by molar-refractivity contribution is 5.96. The number of amides is 2. The predicted molar refractivity (Wildman–Crippen MR) is 103 cm³/mol. The molecule has 6 nitrogen and oxygen atoms in total. The highest BCUT2D eigenvalue weighted by atomic mass is 16.6. The van der Waals surface area contributed by atoms with E-state index in [4.69, 9.17) is 9.15 Å². The second-order valence-electron chi connectivity index (χ2n) is 7.84. The summed E-state index contributed by atoms with van der Waals surface area (Å²) in [6.45, 7) is 7.38. The summed E-state index contributed by atoms with van der Waals surface area (Å²) < 4.78 is 10.8. The smallest absolute Gasteiger partial charge is 0.412 e. The molecule has 1 saturated carbocycles. The fraction of sp³-hybridized carbons (Fsp3) is 0.429. The Bertz CT molecular complexity index is 804. The lowest BCUT2D eigenvalue weighted by Crippen LogP contribution is -2.35. The Hall–Kier alpha value is -2.76. The Labute approximate surface area is 159 Å². The Morgan fingerprint density at radius 2 is 1.96 bits per heavy atom. The third kappa shape index (κ3) is 4.90. The highest BCUT2D eigenvalue weighted by Crippen LogP contribution is 2.36. The zero-order valence-electron chi connectivity index (χ0n) is 16.2. The molecule has 1 unspecified atom stereocenters. The van der Waals surface area contributed by atoms with Gasteiger partial charge in [-0.25, -0.2) is 4.79 Å². The van der Waals surface area contributed by atoms with Gasteiger partial charge in [0.25, 0.3) is 5.91 Å². The fourth-order valence-electron chi connectivity index (χ4n) is 2.98. The molecule has 3 rings (SSSR count). The van der Waals surface area contributed by atoms with Crippen molar-refractivity contribution in [2.45, 2.75) is 58.2 Å². The number of furan rings is 1. The van der Waals surface area contributed by atoms with Gasteiger partial charge in [0.05, 0.1) is 12.3 Å². The van der Waals surface area contributed by atoms with E-state index < -0.39 is 11.7 Å². The van der Waals surface area contributed by atoms with Crippen LogP contribution in [0.1, 0.15) is 62.7 Å². The van der Waals surface area contributed by atoms with Crippen LogP contribution in [0.2, 0.25) is 0 Å². The zero-order valence-corrected chi connectivity index (χ0v) is 16.2. The van der Waals surface area contributed by atoms with Crippen LogP contribution in [-0.4, -0.2) is 28.5 Å². The van der Waals surface area contributed by atoms with Crippen molar-refractivity contribution >= 4 is 17.7 Å². The number of nitrogens with zero attached hydrogens (tertiary/aromatic N) is 1. The molecule has 0 bridgehead atoms. The second-order valence-corrected chi connectivity index (χ2v) is 7.84. The molecule has 6 heteroatoms. The first-order valence-electron chi connectivity index (χ1n) is 9.21. The van der Waals surface area contributed by atoms with Gasteiger partial charge >= 0.3 is 6.09 Å². The zero-order chi connectivity index (χ0) is 19.6. The molecule has 1 N–H and O–H groups in total.